The Labute approximate surface area is 154 Å². The second kappa shape index (κ2) is 6.70. The van der Waals surface area contributed by atoms with Crippen molar-refractivity contribution >= 4 is 42.4 Å². The molecule has 140 valence electrons. The van der Waals surface area contributed by atoms with E-state index in [0.29, 0.717) is 5.69 Å². The molecule has 0 saturated carbocycles. The van der Waals surface area contributed by atoms with Gasteiger partial charge in [0.25, 0.3) is 20.2 Å². The first-order chi connectivity index (χ1) is 12.6. The average molecular weight is 408 g/mol. The first-order valence-electron chi connectivity index (χ1n) is 7.29. The van der Waals surface area contributed by atoms with Gasteiger partial charge in [0, 0.05) is 5.39 Å². The van der Waals surface area contributed by atoms with Gasteiger partial charge in [0.1, 0.15) is 10.6 Å². The molecule has 0 unspecified atom stereocenters. The summed E-state index contributed by atoms with van der Waals surface area (Å²) in [6.07, 6.45) is 0. The van der Waals surface area contributed by atoms with Crippen molar-refractivity contribution in [3.63, 3.8) is 0 Å². The Kier molecular flexibility index (Phi) is 4.70. The highest BCUT2D eigenvalue weighted by molar-refractivity contribution is 7.86. The smallest absolute Gasteiger partial charge is 0.296 e. The van der Waals surface area contributed by atoms with E-state index in [1.165, 1.54) is 6.07 Å². The van der Waals surface area contributed by atoms with Crippen molar-refractivity contribution in [1.82, 2.24) is 0 Å². The number of aromatic hydroxyl groups is 1. The minimum Gasteiger partial charge on any atom is -0.505 e. The van der Waals surface area contributed by atoms with Gasteiger partial charge in [-0.15, -0.1) is 5.11 Å². The molecule has 9 nitrogen and oxygen atoms in total. The Morgan fingerprint density at radius 3 is 2.04 bits per heavy atom. The molecule has 3 N–H and O–H groups in total. The molecule has 11 heteroatoms. The summed E-state index contributed by atoms with van der Waals surface area (Å²) >= 11 is 0. The third-order valence-corrected chi connectivity index (χ3v) is 5.34. The molecule has 0 radical (unpaired) electrons. The van der Waals surface area contributed by atoms with Gasteiger partial charge in [-0.1, -0.05) is 18.2 Å². The van der Waals surface area contributed by atoms with Crippen LogP contribution in [0.25, 0.3) is 10.8 Å². The van der Waals surface area contributed by atoms with E-state index in [9.17, 15) is 26.5 Å². The molecule has 0 aliphatic heterocycles. The van der Waals surface area contributed by atoms with Crippen LogP contribution in [0.15, 0.2) is 74.6 Å². The molecule has 0 bridgehead atoms. The fourth-order valence-electron chi connectivity index (χ4n) is 2.39. The number of nitrogens with zero attached hydrogens (tertiary/aromatic N) is 2. The molecular formula is C16H12N2O7S2. The fraction of sp³-hybridized carbons (Fsp3) is 0. The van der Waals surface area contributed by atoms with Crippen LogP contribution in [-0.2, 0) is 20.2 Å². The molecule has 0 saturated heterocycles. The van der Waals surface area contributed by atoms with Crippen molar-refractivity contribution in [3.8, 4) is 5.75 Å². The molecule has 0 aliphatic rings. The summed E-state index contributed by atoms with van der Waals surface area (Å²) in [7, 11) is -9.37. The van der Waals surface area contributed by atoms with Gasteiger partial charge in [-0.05, 0) is 41.8 Å². The predicted octanol–water partition coefficient (Wildman–Crippen LogP) is 3.45. The Morgan fingerprint density at radius 2 is 1.44 bits per heavy atom. The quantitative estimate of drug-likeness (QED) is 0.441. The molecule has 0 heterocycles. The molecular weight excluding hydrogens is 396 g/mol. The van der Waals surface area contributed by atoms with Crippen LogP contribution in [0, 0.1) is 0 Å². The van der Waals surface area contributed by atoms with Gasteiger partial charge in [0.2, 0.25) is 0 Å². The zero-order valence-electron chi connectivity index (χ0n) is 13.4. The SMILES string of the molecule is O=S(=O)(O)c1ccc2c(O)c(N=Nc3ccccc3)c(S(=O)(=O)O)cc2c1. The van der Waals surface area contributed by atoms with Crippen LogP contribution < -0.4 is 0 Å². The van der Waals surface area contributed by atoms with Gasteiger partial charge in [0.05, 0.1) is 10.6 Å². The second-order valence-electron chi connectivity index (χ2n) is 5.44. The van der Waals surface area contributed by atoms with Crippen molar-refractivity contribution in [2.24, 2.45) is 10.2 Å². The highest BCUT2D eigenvalue weighted by atomic mass is 32.2. The Hall–Kier alpha value is -2.86. The predicted molar refractivity (Wildman–Crippen MR) is 95.9 cm³/mol. The topological polar surface area (TPSA) is 154 Å². The lowest BCUT2D eigenvalue weighted by molar-refractivity contribution is 0.472. The van der Waals surface area contributed by atoms with Gasteiger partial charge in [-0.3, -0.25) is 9.11 Å². The number of phenolic OH excluding ortho intramolecular Hbond substituents is 1. The van der Waals surface area contributed by atoms with E-state index in [4.69, 9.17) is 4.55 Å². The minimum atomic E-state index is -4.83. The van der Waals surface area contributed by atoms with Crippen LogP contribution in [0.4, 0.5) is 11.4 Å². The van der Waals surface area contributed by atoms with Gasteiger partial charge in [-0.2, -0.15) is 21.9 Å². The second-order valence-corrected chi connectivity index (χ2v) is 8.25. The number of fused-ring (bicyclic) bond motifs is 1. The first-order valence-corrected chi connectivity index (χ1v) is 10.2. The zero-order chi connectivity index (χ0) is 19.8. The molecule has 0 aliphatic carbocycles. The lowest BCUT2D eigenvalue weighted by Crippen LogP contribution is -2.00. The van der Waals surface area contributed by atoms with Crippen molar-refractivity contribution in [2.75, 3.05) is 0 Å². The third kappa shape index (κ3) is 3.95. The number of hydrogen-bond donors (Lipinski definition) is 3. The van der Waals surface area contributed by atoms with Crippen molar-refractivity contribution in [3.05, 3.63) is 54.6 Å². The standard InChI is InChI=1S/C16H12N2O7S2/c19-16-13-7-6-12(26(20,21)22)8-10(13)9-14(27(23,24)25)15(16)18-17-11-4-2-1-3-5-11/h1-9,19H,(H,20,21,22)(H,23,24,25). The van der Waals surface area contributed by atoms with E-state index < -0.39 is 41.5 Å². The van der Waals surface area contributed by atoms with E-state index in [2.05, 4.69) is 10.2 Å². The van der Waals surface area contributed by atoms with Crippen LogP contribution in [0.5, 0.6) is 5.75 Å². The Morgan fingerprint density at radius 1 is 0.778 bits per heavy atom. The van der Waals surface area contributed by atoms with Crippen LogP contribution in [-0.4, -0.2) is 31.0 Å². The van der Waals surface area contributed by atoms with Crippen LogP contribution >= 0.6 is 0 Å². The molecule has 27 heavy (non-hydrogen) atoms. The normalized spacial score (nSPS) is 12.7. The highest BCUT2D eigenvalue weighted by Gasteiger charge is 2.23. The average Bonchev–Trinajstić information content (AvgIpc) is 2.59. The van der Waals surface area contributed by atoms with E-state index >= 15 is 0 Å². The number of benzene rings is 3. The maximum absolute atomic E-state index is 11.7. The van der Waals surface area contributed by atoms with Crippen molar-refractivity contribution in [1.29, 1.82) is 0 Å². The summed E-state index contributed by atoms with van der Waals surface area (Å²) in [4.78, 5) is -1.27. The highest BCUT2D eigenvalue weighted by Crippen LogP contribution is 2.41. The molecule has 3 aromatic carbocycles. The Bertz CT molecular complexity index is 1270. The largest absolute Gasteiger partial charge is 0.505 e. The summed E-state index contributed by atoms with van der Waals surface area (Å²) in [5.74, 6) is -0.623. The summed E-state index contributed by atoms with van der Waals surface area (Å²) in [6.45, 7) is 0. The summed E-state index contributed by atoms with van der Waals surface area (Å²) in [5.41, 5.74) is -0.131. The summed E-state index contributed by atoms with van der Waals surface area (Å²) in [5, 5.41) is 18.0. The molecule has 3 rings (SSSR count). The fourth-order valence-corrected chi connectivity index (χ4v) is 3.56. The van der Waals surface area contributed by atoms with Crippen molar-refractivity contribution < 1.29 is 31.0 Å². The van der Waals surface area contributed by atoms with Gasteiger partial charge < -0.3 is 5.11 Å². The third-order valence-electron chi connectivity index (χ3n) is 3.62. The van der Waals surface area contributed by atoms with E-state index in [1.54, 1.807) is 30.3 Å². The first kappa shape index (κ1) is 18.9. The Balaban J connectivity index is 2.29. The number of phenols is 1. The van der Waals surface area contributed by atoms with Gasteiger partial charge >= 0.3 is 0 Å². The van der Waals surface area contributed by atoms with Crippen LogP contribution in [0.3, 0.4) is 0 Å². The monoisotopic (exact) mass is 408 g/mol. The van der Waals surface area contributed by atoms with E-state index in [0.717, 1.165) is 18.2 Å². The zero-order valence-corrected chi connectivity index (χ0v) is 15.0. The summed E-state index contributed by atoms with van der Waals surface area (Å²) in [6, 6.07) is 12.4. The lowest BCUT2D eigenvalue weighted by Gasteiger charge is -2.09. The van der Waals surface area contributed by atoms with Gasteiger partial charge in [-0.25, -0.2) is 0 Å². The molecule has 0 fully saturated rings. The maximum Gasteiger partial charge on any atom is 0.296 e. The summed E-state index contributed by atoms with van der Waals surface area (Å²) < 4.78 is 64.6. The van der Waals surface area contributed by atoms with E-state index in [1.807, 2.05) is 0 Å². The number of hydrogen-bond acceptors (Lipinski definition) is 7. The molecule has 0 amide bonds. The lowest BCUT2D eigenvalue weighted by atomic mass is 10.1. The molecule has 0 aromatic heterocycles. The maximum atomic E-state index is 11.7. The molecule has 0 atom stereocenters. The van der Waals surface area contributed by atoms with Gasteiger partial charge in [0.15, 0.2) is 5.75 Å². The van der Waals surface area contributed by atoms with Crippen LogP contribution in [0.1, 0.15) is 0 Å². The minimum absolute atomic E-state index is 0.0473. The van der Waals surface area contributed by atoms with Crippen molar-refractivity contribution in [2.45, 2.75) is 9.79 Å². The number of rotatable bonds is 4. The molecule has 3 aromatic rings. The number of azo groups is 1. The molecule has 0 spiro atoms. The van der Waals surface area contributed by atoms with Crippen LogP contribution in [0.2, 0.25) is 0 Å². The van der Waals surface area contributed by atoms with E-state index in [-0.39, 0.29) is 10.8 Å².